The SMILES string of the molecule is Cc1ccc(-c2c(CCCCO[N+](=O)[O-])n[nH]c2-c2ccc(S(C)(=O)=O)cc2)cc1. The Morgan fingerprint density at radius 3 is 2.27 bits per heavy atom. The molecule has 8 nitrogen and oxygen atoms in total. The molecule has 0 radical (unpaired) electrons. The number of aryl methyl sites for hydroxylation is 2. The fourth-order valence-corrected chi connectivity index (χ4v) is 3.83. The average Bonchev–Trinajstić information content (AvgIpc) is 3.11. The highest BCUT2D eigenvalue weighted by molar-refractivity contribution is 7.90. The van der Waals surface area contributed by atoms with Gasteiger partial charge in [-0.15, -0.1) is 10.1 Å². The highest BCUT2D eigenvalue weighted by atomic mass is 32.2. The van der Waals surface area contributed by atoms with Crippen molar-refractivity contribution < 1.29 is 18.3 Å². The van der Waals surface area contributed by atoms with Gasteiger partial charge in [0.15, 0.2) is 9.84 Å². The summed E-state index contributed by atoms with van der Waals surface area (Å²) in [6, 6.07) is 14.8. The Kier molecular flexibility index (Phi) is 6.51. The third-order valence-corrected chi connectivity index (χ3v) is 5.89. The number of sulfone groups is 1. The number of nitrogens with one attached hydrogen (secondary N) is 1. The van der Waals surface area contributed by atoms with Crippen molar-refractivity contribution in [1.29, 1.82) is 0 Å². The second kappa shape index (κ2) is 9.08. The smallest absolute Gasteiger partial charge is 0.294 e. The van der Waals surface area contributed by atoms with Gasteiger partial charge in [-0.2, -0.15) is 5.10 Å². The summed E-state index contributed by atoms with van der Waals surface area (Å²) in [5.41, 5.74) is 5.55. The summed E-state index contributed by atoms with van der Waals surface area (Å²) in [5.74, 6) is 0. The van der Waals surface area contributed by atoms with Gasteiger partial charge in [-0.3, -0.25) is 5.10 Å². The summed E-state index contributed by atoms with van der Waals surface area (Å²) < 4.78 is 23.5. The molecule has 0 spiro atoms. The van der Waals surface area contributed by atoms with Crippen LogP contribution in [0.15, 0.2) is 53.4 Å². The Morgan fingerprint density at radius 2 is 1.67 bits per heavy atom. The first kappa shape index (κ1) is 21.5. The first-order valence-corrected chi connectivity index (χ1v) is 11.4. The van der Waals surface area contributed by atoms with Gasteiger partial charge in [0.25, 0.3) is 5.09 Å². The minimum Gasteiger partial charge on any atom is -0.314 e. The molecule has 3 rings (SSSR count). The maximum atomic E-state index is 11.7. The van der Waals surface area contributed by atoms with Crippen molar-refractivity contribution >= 4 is 9.84 Å². The lowest BCUT2D eigenvalue weighted by Gasteiger charge is -2.08. The van der Waals surface area contributed by atoms with E-state index in [9.17, 15) is 18.5 Å². The molecule has 0 aliphatic rings. The summed E-state index contributed by atoms with van der Waals surface area (Å²) in [6.45, 7) is 2.07. The van der Waals surface area contributed by atoms with E-state index in [0.29, 0.717) is 19.3 Å². The van der Waals surface area contributed by atoms with Crippen LogP contribution in [0.25, 0.3) is 22.4 Å². The number of aromatic nitrogens is 2. The van der Waals surface area contributed by atoms with E-state index in [0.717, 1.165) is 33.6 Å². The standard InChI is InChI=1S/C21H23N3O5S/c1-15-6-8-16(9-7-15)20-19(5-3-4-14-29-24(25)26)22-23-21(20)17-10-12-18(13-11-17)30(2,27)28/h6-13H,3-5,14H2,1-2H3,(H,22,23). The van der Waals surface area contributed by atoms with Crippen molar-refractivity contribution in [2.75, 3.05) is 12.9 Å². The van der Waals surface area contributed by atoms with Crippen LogP contribution in [-0.2, 0) is 21.1 Å². The quantitative estimate of drug-likeness (QED) is 0.312. The second-order valence-electron chi connectivity index (χ2n) is 7.10. The number of hydrogen-bond acceptors (Lipinski definition) is 6. The van der Waals surface area contributed by atoms with E-state index in [4.69, 9.17) is 0 Å². The van der Waals surface area contributed by atoms with Crippen LogP contribution < -0.4 is 0 Å². The molecule has 1 heterocycles. The van der Waals surface area contributed by atoms with Crippen LogP contribution in [0.5, 0.6) is 0 Å². The predicted octanol–water partition coefficient (Wildman–Crippen LogP) is 3.99. The molecular formula is C21H23N3O5S. The molecule has 1 aromatic heterocycles. The average molecular weight is 429 g/mol. The first-order chi connectivity index (χ1) is 14.3. The zero-order valence-electron chi connectivity index (χ0n) is 16.8. The summed E-state index contributed by atoms with van der Waals surface area (Å²) in [4.78, 5) is 14.9. The predicted molar refractivity (Wildman–Crippen MR) is 113 cm³/mol. The third kappa shape index (κ3) is 5.24. The van der Waals surface area contributed by atoms with Crippen LogP contribution in [0.3, 0.4) is 0 Å². The van der Waals surface area contributed by atoms with Gasteiger partial charge in [0, 0.05) is 17.4 Å². The molecule has 0 unspecified atom stereocenters. The van der Waals surface area contributed by atoms with Gasteiger partial charge in [0.1, 0.15) is 0 Å². The maximum absolute atomic E-state index is 11.7. The van der Waals surface area contributed by atoms with Gasteiger partial charge in [-0.05, 0) is 43.9 Å². The lowest BCUT2D eigenvalue weighted by molar-refractivity contribution is -0.757. The summed E-state index contributed by atoms with van der Waals surface area (Å²) in [6.07, 6.45) is 3.03. The first-order valence-electron chi connectivity index (χ1n) is 9.48. The van der Waals surface area contributed by atoms with Gasteiger partial charge < -0.3 is 4.84 Å². The fourth-order valence-electron chi connectivity index (χ4n) is 3.20. The Bertz CT molecular complexity index is 1120. The third-order valence-electron chi connectivity index (χ3n) is 4.76. The molecule has 0 saturated carbocycles. The van der Waals surface area contributed by atoms with Crippen molar-refractivity contribution in [3.8, 4) is 22.4 Å². The molecule has 0 amide bonds. The van der Waals surface area contributed by atoms with Crippen LogP contribution in [0.4, 0.5) is 0 Å². The molecule has 1 N–H and O–H groups in total. The lowest BCUT2D eigenvalue weighted by atomic mass is 9.96. The number of benzene rings is 2. The molecule has 0 aliphatic carbocycles. The molecule has 2 aromatic carbocycles. The van der Waals surface area contributed by atoms with Crippen LogP contribution in [0.2, 0.25) is 0 Å². The van der Waals surface area contributed by atoms with E-state index in [1.165, 1.54) is 6.26 Å². The molecule has 9 heteroatoms. The maximum Gasteiger partial charge on any atom is 0.294 e. The summed E-state index contributed by atoms with van der Waals surface area (Å²) >= 11 is 0. The number of unbranched alkanes of at least 4 members (excludes halogenated alkanes) is 1. The molecule has 0 atom stereocenters. The van der Waals surface area contributed by atoms with E-state index >= 15 is 0 Å². The highest BCUT2D eigenvalue weighted by Gasteiger charge is 2.17. The zero-order valence-corrected chi connectivity index (χ0v) is 17.6. The molecule has 0 fully saturated rings. The van der Waals surface area contributed by atoms with Gasteiger partial charge >= 0.3 is 0 Å². The Balaban J connectivity index is 1.92. The molecule has 3 aromatic rings. The minimum atomic E-state index is -3.27. The van der Waals surface area contributed by atoms with E-state index in [1.807, 2.05) is 31.2 Å². The van der Waals surface area contributed by atoms with Crippen LogP contribution >= 0.6 is 0 Å². The van der Waals surface area contributed by atoms with Crippen molar-refractivity contribution in [1.82, 2.24) is 10.2 Å². The van der Waals surface area contributed by atoms with Crippen molar-refractivity contribution in [3.05, 3.63) is 69.9 Å². The molecule has 0 aliphatic heterocycles. The van der Waals surface area contributed by atoms with E-state index < -0.39 is 14.9 Å². The van der Waals surface area contributed by atoms with Crippen molar-refractivity contribution in [3.63, 3.8) is 0 Å². The van der Waals surface area contributed by atoms with Crippen LogP contribution in [0, 0.1) is 17.0 Å². The number of H-pyrrole nitrogens is 1. The normalized spacial score (nSPS) is 11.4. The van der Waals surface area contributed by atoms with Gasteiger partial charge in [0.05, 0.1) is 22.9 Å². The minimum absolute atomic E-state index is 0.0527. The molecule has 0 saturated heterocycles. The lowest BCUT2D eigenvalue weighted by Crippen LogP contribution is -2.02. The van der Waals surface area contributed by atoms with Crippen molar-refractivity contribution in [2.45, 2.75) is 31.1 Å². The Hall–Kier alpha value is -3.20. The zero-order chi connectivity index (χ0) is 21.7. The summed E-state index contributed by atoms with van der Waals surface area (Å²) in [7, 11) is -3.27. The summed E-state index contributed by atoms with van der Waals surface area (Å²) in [5, 5.41) is 17.0. The van der Waals surface area contributed by atoms with Gasteiger partial charge in [-0.25, -0.2) is 8.42 Å². The topological polar surface area (TPSA) is 115 Å². The van der Waals surface area contributed by atoms with E-state index in [-0.39, 0.29) is 11.5 Å². The van der Waals surface area contributed by atoms with Gasteiger partial charge in [0.2, 0.25) is 0 Å². The second-order valence-corrected chi connectivity index (χ2v) is 9.11. The van der Waals surface area contributed by atoms with E-state index in [2.05, 4.69) is 15.0 Å². The fraction of sp³-hybridized carbons (Fsp3) is 0.286. The molecule has 30 heavy (non-hydrogen) atoms. The van der Waals surface area contributed by atoms with Gasteiger partial charge in [-0.1, -0.05) is 42.0 Å². The Morgan fingerprint density at radius 1 is 1.03 bits per heavy atom. The molecule has 0 bridgehead atoms. The van der Waals surface area contributed by atoms with E-state index in [1.54, 1.807) is 24.3 Å². The highest BCUT2D eigenvalue weighted by Crippen LogP contribution is 2.34. The molecular weight excluding hydrogens is 406 g/mol. The van der Waals surface area contributed by atoms with Crippen LogP contribution in [0.1, 0.15) is 24.1 Å². The Labute approximate surface area is 174 Å². The number of rotatable bonds is 9. The number of aromatic amines is 1. The largest absolute Gasteiger partial charge is 0.314 e. The number of nitrogens with zero attached hydrogens (tertiary/aromatic N) is 2. The van der Waals surface area contributed by atoms with Crippen LogP contribution in [-0.4, -0.2) is 36.6 Å². The monoisotopic (exact) mass is 429 g/mol. The molecule has 158 valence electrons. The van der Waals surface area contributed by atoms with Crippen molar-refractivity contribution in [2.24, 2.45) is 0 Å². The number of hydrogen-bond donors (Lipinski definition) is 1.